The molecule has 0 spiro atoms. The Labute approximate surface area is 181 Å². The summed E-state index contributed by atoms with van der Waals surface area (Å²) in [5.74, 6) is 3.45. The van der Waals surface area contributed by atoms with Crippen LogP contribution in [0.2, 0.25) is 0 Å². The van der Waals surface area contributed by atoms with Crippen LogP contribution in [0.4, 0.5) is 0 Å². The van der Waals surface area contributed by atoms with Crippen molar-refractivity contribution in [2.75, 3.05) is 70.7 Å². The van der Waals surface area contributed by atoms with Crippen molar-refractivity contribution in [3.05, 3.63) is 0 Å². The average molecular weight is 427 g/mol. The molecule has 2 N–H and O–H groups in total. The molecule has 3 fully saturated rings. The van der Waals surface area contributed by atoms with E-state index in [0.29, 0.717) is 5.41 Å². The van der Waals surface area contributed by atoms with Crippen LogP contribution in [0.3, 0.4) is 0 Å². The highest BCUT2D eigenvalue weighted by molar-refractivity contribution is 7.99. The Hall–Kier alpha value is -0.500. The first kappa shape index (κ1) is 23.2. The van der Waals surface area contributed by atoms with Crippen molar-refractivity contribution < 1.29 is 9.47 Å². The van der Waals surface area contributed by atoms with Gasteiger partial charge in [-0.2, -0.15) is 11.8 Å². The number of nitrogens with zero attached hydrogens (tertiary/aromatic N) is 2. The SMILES string of the molecule is CCNC(=NCC1(CCOCC)CCCC1)NCC1(N2CCOCC2)CCSC1. The van der Waals surface area contributed by atoms with E-state index in [2.05, 4.69) is 41.1 Å². The monoisotopic (exact) mass is 426 g/mol. The lowest BCUT2D eigenvalue weighted by atomic mass is 9.83. The van der Waals surface area contributed by atoms with Crippen molar-refractivity contribution in [3.63, 3.8) is 0 Å². The van der Waals surface area contributed by atoms with Crippen LogP contribution in [0, 0.1) is 5.41 Å². The topological polar surface area (TPSA) is 58.1 Å². The normalized spacial score (nSPS) is 28.0. The largest absolute Gasteiger partial charge is 0.382 e. The van der Waals surface area contributed by atoms with E-state index in [1.807, 2.05) is 0 Å². The maximum Gasteiger partial charge on any atom is 0.191 e. The summed E-state index contributed by atoms with van der Waals surface area (Å²) in [5.41, 5.74) is 0.577. The van der Waals surface area contributed by atoms with Crippen LogP contribution in [-0.2, 0) is 9.47 Å². The molecule has 2 heterocycles. The van der Waals surface area contributed by atoms with Crippen LogP contribution < -0.4 is 10.6 Å². The van der Waals surface area contributed by atoms with Gasteiger partial charge in [-0.1, -0.05) is 12.8 Å². The lowest BCUT2D eigenvalue weighted by Gasteiger charge is -2.43. The second-order valence-electron chi connectivity index (χ2n) is 8.83. The Morgan fingerprint density at radius 2 is 1.93 bits per heavy atom. The van der Waals surface area contributed by atoms with Crippen molar-refractivity contribution in [2.45, 2.75) is 57.9 Å². The Balaban J connectivity index is 1.60. The zero-order valence-electron chi connectivity index (χ0n) is 18.6. The number of nitrogens with one attached hydrogen (secondary N) is 2. The first-order valence-electron chi connectivity index (χ1n) is 11.7. The summed E-state index contributed by atoms with van der Waals surface area (Å²) in [4.78, 5) is 7.73. The minimum absolute atomic E-state index is 0.241. The van der Waals surface area contributed by atoms with Gasteiger partial charge < -0.3 is 20.1 Å². The van der Waals surface area contributed by atoms with Gasteiger partial charge in [0.05, 0.1) is 13.2 Å². The summed E-state index contributed by atoms with van der Waals surface area (Å²) < 4.78 is 11.3. The molecule has 2 aliphatic heterocycles. The predicted molar refractivity (Wildman–Crippen MR) is 123 cm³/mol. The molecule has 7 heteroatoms. The van der Waals surface area contributed by atoms with Gasteiger partial charge in [-0.05, 0) is 50.7 Å². The third kappa shape index (κ3) is 6.49. The Morgan fingerprint density at radius 3 is 2.59 bits per heavy atom. The Morgan fingerprint density at radius 1 is 1.14 bits per heavy atom. The maximum absolute atomic E-state index is 5.67. The first-order chi connectivity index (χ1) is 14.2. The van der Waals surface area contributed by atoms with Crippen molar-refractivity contribution >= 4 is 17.7 Å². The van der Waals surface area contributed by atoms with Gasteiger partial charge in [0.2, 0.25) is 0 Å². The molecule has 2 saturated heterocycles. The van der Waals surface area contributed by atoms with Crippen LogP contribution in [0.5, 0.6) is 0 Å². The van der Waals surface area contributed by atoms with E-state index >= 15 is 0 Å². The van der Waals surface area contributed by atoms with Crippen molar-refractivity contribution in [1.29, 1.82) is 0 Å². The molecule has 1 saturated carbocycles. The van der Waals surface area contributed by atoms with Crippen molar-refractivity contribution in [3.8, 4) is 0 Å². The standard InChI is InChI=1S/C22H42N4O2S/c1-3-23-20(24-17-21(7-5-6-8-21)9-13-27-4-2)25-18-22(10-16-29-19-22)26-11-14-28-15-12-26/h3-19H2,1-2H3,(H2,23,24,25). The summed E-state index contributed by atoms with van der Waals surface area (Å²) in [6.45, 7) is 12.5. The fourth-order valence-corrected chi connectivity index (χ4v) is 6.49. The molecular formula is C22H42N4O2S. The molecule has 0 radical (unpaired) electrons. The Kier molecular flexibility index (Phi) is 9.41. The van der Waals surface area contributed by atoms with E-state index in [9.17, 15) is 0 Å². The van der Waals surface area contributed by atoms with E-state index in [1.165, 1.54) is 43.6 Å². The van der Waals surface area contributed by atoms with Gasteiger partial charge in [-0.3, -0.25) is 9.89 Å². The third-order valence-electron chi connectivity index (χ3n) is 6.91. The van der Waals surface area contributed by atoms with Gasteiger partial charge in [0, 0.05) is 57.2 Å². The minimum Gasteiger partial charge on any atom is -0.382 e. The number of rotatable bonds is 10. The third-order valence-corrected chi connectivity index (χ3v) is 8.15. The average Bonchev–Trinajstić information content (AvgIpc) is 3.42. The van der Waals surface area contributed by atoms with Crippen LogP contribution in [0.1, 0.15) is 52.4 Å². The number of thioether (sulfide) groups is 1. The number of hydrogen-bond donors (Lipinski definition) is 2. The summed E-state index contributed by atoms with van der Waals surface area (Å²) in [6.07, 6.45) is 7.64. The smallest absolute Gasteiger partial charge is 0.191 e. The lowest BCUT2D eigenvalue weighted by Crippen LogP contribution is -2.60. The zero-order chi connectivity index (χ0) is 20.4. The van der Waals surface area contributed by atoms with E-state index in [4.69, 9.17) is 14.5 Å². The molecule has 29 heavy (non-hydrogen) atoms. The van der Waals surface area contributed by atoms with Gasteiger partial charge >= 0.3 is 0 Å². The van der Waals surface area contributed by atoms with Gasteiger partial charge in [0.15, 0.2) is 5.96 Å². The van der Waals surface area contributed by atoms with Crippen molar-refractivity contribution in [2.24, 2.45) is 10.4 Å². The quantitative estimate of drug-likeness (QED) is 0.318. The van der Waals surface area contributed by atoms with Crippen LogP contribution in [0.25, 0.3) is 0 Å². The molecule has 3 aliphatic rings. The van der Waals surface area contributed by atoms with Gasteiger partial charge in [0.25, 0.3) is 0 Å². The Bertz CT molecular complexity index is 499. The van der Waals surface area contributed by atoms with Gasteiger partial charge in [-0.15, -0.1) is 0 Å². The molecular weight excluding hydrogens is 384 g/mol. The number of ether oxygens (including phenoxy) is 2. The zero-order valence-corrected chi connectivity index (χ0v) is 19.5. The molecule has 0 aromatic carbocycles. The molecule has 168 valence electrons. The van der Waals surface area contributed by atoms with E-state index < -0.39 is 0 Å². The second-order valence-corrected chi connectivity index (χ2v) is 9.93. The number of guanidine groups is 1. The highest BCUT2D eigenvalue weighted by atomic mass is 32.2. The van der Waals surface area contributed by atoms with Gasteiger partial charge in [-0.25, -0.2) is 0 Å². The lowest BCUT2D eigenvalue weighted by molar-refractivity contribution is -0.0120. The van der Waals surface area contributed by atoms with E-state index in [1.54, 1.807) is 0 Å². The van der Waals surface area contributed by atoms with Crippen LogP contribution in [-0.4, -0.2) is 87.1 Å². The molecule has 0 bridgehead atoms. The number of aliphatic imine (C=N–C) groups is 1. The molecule has 3 rings (SSSR count). The van der Waals surface area contributed by atoms with E-state index in [-0.39, 0.29) is 5.54 Å². The second kappa shape index (κ2) is 11.8. The highest BCUT2D eigenvalue weighted by Crippen LogP contribution is 2.41. The molecule has 6 nitrogen and oxygen atoms in total. The first-order valence-corrected chi connectivity index (χ1v) is 12.9. The van der Waals surface area contributed by atoms with Crippen LogP contribution in [0.15, 0.2) is 4.99 Å². The molecule has 0 amide bonds. The molecule has 1 atom stereocenters. The summed E-state index contributed by atoms with van der Waals surface area (Å²) in [6, 6.07) is 0. The van der Waals surface area contributed by atoms with Crippen LogP contribution >= 0.6 is 11.8 Å². The molecule has 0 aromatic rings. The maximum atomic E-state index is 5.67. The predicted octanol–water partition coefficient (Wildman–Crippen LogP) is 2.74. The number of morpholine rings is 1. The molecule has 0 aromatic heterocycles. The van der Waals surface area contributed by atoms with E-state index in [0.717, 1.165) is 71.5 Å². The fraction of sp³-hybridized carbons (Fsp3) is 0.955. The summed E-state index contributed by atoms with van der Waals surface area (Å²) in [7, 11) is 0. The molecule has 1 aliphatic carbocycles. The molecule has 1 unspecified atom stereocenters. The number of hydrogen-bond acceptors (Lipinski definition) is 5. The van der Waals surface area contributed by atoms with Gasteiger partial charge in [0.1, 0.15) is 0 Å². The highest BCUT2D eigenvalue weighted by Gasteiger charge is 2.41. The minimum atomic E-state index is 0.241. The fourth-order valence-electron chi connectivity index (χ4n) is 5.02. The summed E-state index contributed by atoms with van der Waals surface area (Å²) >= 11 is 2.09. The van der Waals surface area contributed by atoms with Crippen molar-refractivity contribution in [1.82, 2.24) is 15.5 Å². The summed E-state index contributed by atoms with van der Waals surface area (Å²) in [5, 5.41) is 7.21.